The minimum Gasteiger partial charge on any atom is -0.494 e. The van der Waals surface area contributed by atoms with Gasteiger partial charge in [0.1, 0.15) is 11.5 Å². The van der Waals surface area contributed by atoms with Crippen LogP contribution < -0.4 is 14.8 Å². The molecule has 1 aromatic heterocycles. The number of nitrogens with zero attached hydrogens (tertiary/aromatic N) is 2. The van der Waals surface area contributed by atoms with Crippen molar-refractivity contribution < 1.29 is 27.1 Å². The number of benzene rings is 2. The third-order valence-corrected chi connectivity index (χ3v) is 5.05. The molecule has 3 rings (SSSR count). The molecule has 158 valence electrons. The highest BCUT2D eigenvalue weighted by Crippen LogP contribution is 2.18. The molecule has 2 aromatic carbocycles. The molecule has 0 atom stereocenters. The molecule has 0 aliphatic rings. The molecule has 0 spiro atoms. The Morgan fingerprint density at radius 2 is 1.63 bits per heavy atom. The first-order valence-electron chi connectivity index (χ1n) is 9.10. The summed E-state index contributed by atoms with van der Waals surface area (Å²) < 4.78 is 39.1. The van der Waals surface area contributed by atoms with Crippen LogP contribution in [0.5, 0.6) is 11.5 Å². The molecule has 0 unspecified atom stereocenters. The molecule has 0 bridgehead atoms. The van der Waals surface area contributed by atoms with E-state index in [-0.39, 0.29) is 23.4 Å². The van der Waals surface area contributed by atoms with E-state index in [4.69, 9.17) is 13.9 Å². The Morgan fingerprint density at radius 1 is 1.00 bits per heavy atom. The van der Waals surface area contributed by atoms with Crippen molar-refractivity contribution in [2.75, 3.05) is 24.8 Å². The van der Waals surface area contributed by atoms with Crippen molar-refractivity contribution in [1.82, 2.24) is 10.2 Å². The first-order valence-corrected chi connectivity index (χ1v) is 11.0. The Balaban J connectivity index is 1.50. The third kappa shape index (κ3) is 6.05. The van der Waals surface area contributed by atoms with Gasteiger partial charge in [-0.05, 0) is 48.9 Å². The van der Waals surface area contributed by atoms with Crippen LogP contribution in [0, 0.1) is 0 Å². The molecule has 1 N–H and O–H groups in total. The Labute approximate surface area is 174 Å². The molecule has 0 saturated carbocycles. The molecule has 0 radical (unpaired) electrons. The molecule has 0 saturated heterocycles. The van der Waals surface area contributed by atoms with Gasteiger partial charge in [-0.25, -0.2) is 8.42 Å². The van der Waals surface area contributed by atoms with Crippen LogP contribution in [0.4, 0.5) is 6.01 Å². The third-order valence-electron chi connectivity index (χ3n) is 3.92. The predicted molar refractivity (Wildman–Crippen MR) is 108 cm³/mol. The number of carbonyl (C=O) groups is 1. The van der Waals surface area contributed by atoms with Gasteiger partial charge in [0.2, 0.25) is 5.89 Å². The summed E-state index contributed by atoms with van der Waals surface area (Å²) in [5, 5.41) is 10.1. The molecule has 0 aliphatic heterocycles. The van der Waals surface area contributed by atoms with Crippen molar-refractivity contribution in [2.45, 2.75) is 18.2 Å². The maximum atomic E-state index is 12.0. The maximum Gasteiger partial charge on any atom is 0.322 e. The lowest BCUT2D eigenvalue weighted by atomic mass is 10.1. The zero-order valence-corrected chi connectivity index (χ0v) is 17.3. The molecule has 1 amide bonds. The smallest absolute Gasteiger partial charge is 0.322 e. The van der Waals surface area contributed by atoms with Gasteiger partial charge in [0, 0.05) is 6.26 Å². The average Bonchev–Trinajstić information content (AvgIpc) is 3.14. The lowest BCUT2D eigenvalue weighted by Crippen LogP contribution is -2.20. The molecule has 9 nitrogen and oxygen atoms in total. The molecule has 1 heterocycles. The summed E-state index contributed by atoms with van der Waals surface area (Å²) in [6.07, 6.45) is 1.45. The highest BCUT2D eigenvalue weighted by Gasteiger charge is 2.12. The van der Waals surface area contributed by atoms with Gasteiger partial charge in [-0.3, -0.25) is 10.1 Å². The Bertz CT molecular complexity index is 1090. The minimum absolute atomic E-state index is 0.0435. The van der Waals surface area contributed by atoms with Gasteiger partial charge in [-0.15, -0.1) is 5.10 Å². The lowest BCUT2D eigenvalue weighted by molar-refractivity contribution is -0.118. The zero-order valence-electron chi connectivity index (χ0n) is 16.5. The topological polar surface area (TPSA) is 121 Å². The largest absolute Gasteiger partial charge is 0.494 e. The van der Waals surface area contributed by atoms with E-state index in [0.717, 1.165) is 17.6 Å². The second-order valence-corrected chi connectivity index (χ2v) is 8.35. The van der Waals surface area contributed by atoms with E-state index in [1.54, 1.807) is 36.4 Å². The SMILES string of the molecule is CCOc1ccc(OCC(=O)Nc2nnc(Cc3ccc(S(C)(=O)=O)cc3)o2)cc1. The van der Waals surface area contributed by atoms with Gasteiger partial charge in [0.25, 0.3) is 5.91 Å². The standard InChI is InChI=1S/C20H21N3O6S/c1-3-27-15-6-8-16(9-7-15)28-13-18(24)21-20-23-22-19(29-20)12-14-4-10-17(11-5-14)30(2,25)26/h4-11H,3,12-13H2,1-2H3,(H,21,23,24). The monoisotopic (exact) mass is 431 g/mol. The summed E-state index contributed by atoms with van der Waals surface area (Å²) in [4.78, 5) is 12.2. The number of hydrogen-bond acceptors (Lipinski definition) is 8. The van der Waals surface area contributed by atoms with Crippen molar-refractivity contribution in [1.29, 1.82) is 0 Å². The fraction of sp³-hybridized carbons (Fsp3) is 0.250. The molecule has 30 heavy (non-hydrogen) atoms. The van der Waals surface area contributed by atoms with E-state index in [0.29, 0.717) is 18.8 Å². The molecule has 0 fully saturated rings. The van der Waals surface area contributed by atoms with Crippen LogP contribution in [0.3, 0.4) is 0 Å². The number of carbonyl (C=O) groups excluding carboxylic acids is 1. The lowest BCUT2D eigenvalue weighted by Gasteiger charge is -2.07. The second kappa shape index (κ2) is 9.40. The molecule has 10 heteroatoms. The minimum atomic E-state index is -3.25. The fourth-order valence-corrected chi connectivity index (χ4v) is 3.14. The van der Waals surface area contributed by atoms with E-state index < -0.39 is 15.7 Å². The predicted octanol–water partition coefficient (Wildman–Crippen LogP) is 2.48. The number of anilines is 1. The van der Waals surface area contributed by atoms with E-state index in [1.807, 2.05) is 6.92 Å². The van der Waals surface area contributed by atoms with Crippen LogP contribution in [-0.2, 0) is 21.1 Å². The van der Waals surface area contributed by atoms with Crippen LogP contribution in [0.1, 0.15) is 18.4 Å². The number of aromatic nitrogens is 2. The molecule has 3 aromatic rings. The van der Waals surface area contributed by atoms with Gasteiger partial charge >= 0.3 is 6.01 Å². The number of hydrogen-bond donors (Lipinski definition) is 1. The van der Waals surface area contributed by atoms with Crippen molar-refractivity contribution in [3.8, 4) is 11.5 Å². The summed E-state index contributed by atoms with van der Waals surface area (Å²) in [5.41, 5.74) is 0.794. The van der Waals surface area contributed by atoms with Gasteiger partial charge in [-0.1, -0.05) is 17.2 Å². The summed E-state index contributed by atoms with van der Waals surface area (Å²) in [6, 6.07) is 13.2. The van der Waals surface area contributed by atoms with Crippen molar-refractivity contribution >= 4 is 21.8 Å². The molecule has 0 aliphatic carbocycles. The molecular weight excluding hydrogens is 410 g/mol. The first-order chi connectivity index (χ1) is 14.3. The average molecular weight is 431 g/mol. The number of rotatable bonds is 9. The Kier molecular flexibility index (Phi) is 6.68. The van der Waals surface area contributed by atoms with Crippen molar-refractivity contribution in [2.24, 2.45) is 0 Å². The van der Waals surface area contributed by atoms with E-state index in [1.165, 1.54) is 12.1 Å². The number of nitrogens with one attached hydrogen (secondary N) is 1. The van der Waals surface area contributed by atoms with Gasteiger partial charge < -0.3 is 13.9 Å². The Hall–Kier alpha value is -3.40. The first kappa shape index (κ1) is 21.3. The summed E-state index contributed by atoms with van der Waals surface area (Å²) in [5.74, 6) is 1.08. The summed E-state index contributed by atoms with van der Waals surface area (Å²) >= 11 is 0. The highest BCUT2D eigenvalue weighted by atomic mass is 32.2. The second-order valence-electron chi connectivity index (χ2n) is 6.34. The quantitative estimate of drug-likeness (QED) is 0.549. The van der Waals surface area contributed by atoms with E-state index in [9.17, 15) is 13.2 Å². The summed E-state index contributed by atoms with van der Waals surface area (Å²) in [7, 11) is -3.25. The van der Waals surface area contributed by atoms with Crippen LogP contribution in [-0.4, -0.2) is 44.0 Å². The summed E-state index contributed by atoms with van der Waals surface area (Å²) in [6.45, 7) is 2.24. The number of ether oxygens (including phenoxy) is 2. The maximum absolute atomic E-state index is 12.0. The number of amides is 1. The van der Waals surface area contributed by atoms with E-state index >= 15 is 0 Å². The van der Waals surface area contributed by atoms with Crippen LogP contribution in [0.15, 0.2) is 57.8 Å². The van der Waals surface area contributed by atoms with Crippen molar-refractivity contribution in [3.63, 3.8) is 0 Å². The van der Waals surface area contributed by atoms with Gasteiger partial charge in [-0.2, -0.15) is 0 Å². The van der Waals surface area contributed by atoms with Crippen LogP contribution >= 0.6 is 0 Å². The molecular formula is C20H21N3O6S. The zero-order chi connectivity index (χ0) is 21.6. The Morgan fingerprint density at radius 3 is 2.23 bits per heavy atom. The van der Waals surface area contributed by atoms with Crippen LogP contribution in [0.2, 0.25) is 0 Å². The van der Waals surface area contributed by atoms with Crippen molar-refractivity contribution in [3.05, 3.63) is 60.0 Å². The highest BCUT2D eigenvalue weighted by molar-refractivity contribution is 7.90. The fourth-order valence-electron chi connectivity index (χ4n) is 2.51. The van der Waals surface area contributed by atoms with E-state index in [2.05, 4.69) is 15.5 Å². The van der Waals surface area contributed by atoms with Gasteiger partial charge in [0.05, 0.1) is 17.9 Å². The van der Waals surface area contributed by atoms with Gasteiger partial charge in [0.15, 0.2) is 16.4 Å². The normalized spacial score (nSPS) is 11.1. The van der Waals surface area contributed by atoms with Crippen LogP contribution in [0.25, 0.3) is 0 Å². The number of sulfone groups is 1.